The smallest absolute Gasteiger partial charge is 0.307 e. The largest absolute Gasteiger partial charge is 0.481 e. The fraction of sp³-hybridized carbons (Fsp3) is 0.385. The number of primary amides is 1. The third-order valence-electron chi connectivity index (χ3n) is 2.96. The van der Waals surface area contributed by atoms with Crippen LogP contribution in [0.1, 0.15) is 19.4 Å². The average Bonchev–Trinajstić information content (AvgIpc) is 2.36. The Morgan fingerprint density at radius 3 is 2.19 bits per heavy atom. The molecule has 4 N–H and O–H groups in total. The monoisotopic (exact) mass is 314 g/mol. The van der Waals surface area contributed by atoms with Gasteiger partial charge in [0, 0.05) is 6.54 Å². The van der Waals surface area contributed by atoms with Crippen LogP contribution in [0.25, 0.3) is 0 Å². The molecule has 7 nitrogen and oxygen atoms in total. The van der Waals surface area contributed by atoms with Crippen LogP contribution in [0.4, 0.5) is 0 Å². The van der Waals surface area contributed by atoms with Crippen LogP contribution in [-0.4, -0.2) is 31.9 Å². The number of hydrogen-bond acceptors (Lipinski definition) is 4. The van der Waals surface area contributed by atoms with Gasteiger partial charge in [-0.3, -0.25) is 9.59 Å². The molecule has 1 aromatic carbocycles. The minimum Gasteiger partial charge on any atom is -0.481 e. The van der Waals surface area contributed by atoms with Crippen LogP contribution in [0.15, 0.2) is 29.2 Å². The fourth-order valence-corrected chi connectivity index (χ4v) is 2.62. The first-order valence-electron chi connectivity index (χ1n) is 6.15. The zero-order chi connectivity index (χ0) is 16.3. The third-order valence-corrected chi connectivity index (χ3v) is 4.38. The van der Waals surface area contributed by atoms with Crippen molar-refractivity contribution in [3.05, 3.63) is 29.8 Å². The average molecular weight is 314 g/mol. The first-order chi connectivity index (χ1) is 9.54. The topological polar surface area (TPSA) is 127 Å². The lowest BCUT2D eigenvalue weighted by Gasteiger charge is -2.20. The Labute approximate surface area is 123 Å². The van der Waals surface area contributed by atoms with Gasteiger partial charge >= 0.3 is 5.97 Å². The lowest BCUT2D eigenvalue weighted by Crippen LogP contribution is -2.42. The van der Waals surface area contributed by atoms with Gasteiger partial charge in [0.2, 0.25) is 15.9 Å². The number of carbonyl (C=O) groups is 2. The van der Waals surface area contributed by atoms with Gasteiger partial charge in [0.25, 0.3) is 0 Å². The molecule has 0 aromatic heterocycles. The first kappa shape index (κ1) is 17.1. The van der Waals surface area contributed by atoms with Crippen LogP contribution in [0.3, 0.4) is 0 Å². The molecule has 0 unspecified atom stereocenters. The number of amides is 1. The predicted octanol–water partition coefficient (Wildman–Crippen LogP) is 0.104. The molecule has 8 heteroatoms. The van der Waals surface area contributed by atoms with Crippen molar-refractivity contribution in [1.82, 2.24) is 4.72 Å². The summed E-state index contributed by atoms with van der Waals surface area (Å²) in [4.78, 5) is 21.7. The number of benzene rings is 1. The van der Waals surface area contributed by atoms with Gasteiger partial charge in [0.15, 0.2) is 0 Å². The zero-order valence-corrected chi connectivity index (χ0v) is 12.6. The summed E-state index contributed by atoms with van der Waals surface area (Å²) in [6, 6.07) is 5.50. The summed E-state index contributed by atoms with van der Waals surface area (Å²) in [5, 5.41) is 8.65. The summed E-state index contributed by atoms with van der Waals surface area (Å²) < 4.78 is 26.4. The standard InChI is InChI=1S/C13H18N2O5S/c1-13(2,12(14)18)8-15-21(19,20)10-5-3-9(4-6-10)7-11(16)17/h3-6,15H,7-8H2,1-2H3,(H2,14,18)(H,16,17). The minimum absolute atomic E-state index is 0.00286. The highest BCUT2D eigenvalue weighted by Gasteiger charge is 2.27. The maximum atomic E-state index is 12.1. The number of rotatable bonds is 7. The normalized spacial score (nSPS) is 12.1. The Kier molecular flexibility index (Phi) is 5.08. The van der Waals surface area contributed by atoms with Crippen molar-refractivity contribution in [2.45, 2.75) is 25.2 Å². The number of sulfonamides is 1. The SMILES string of the molecule is CC(C)(CNS(=O)(=O)c1ccc(CC(=O)O)cc1)C(N)=O. The third kappa shape index (κ3) is 4.83. The summed E-state index contributed by atoms with van der Waals surface area (Å²) in [6.07, 6.45) is -0.178. The number of nitrogens with one attached hydrogen (secondary N) is 1. The number of aliphatic carboxylic acids is 1. The van der Waals surface area contributed by atoms with Crippen molar-refractivity contribution in [2.24, 2.45) is 11.1 Å². The van der Waals surface area contributed by atoms with Crippen molar-refractivity contribution in [3.8, 4) is 0 Å². The molecule has 0 radical (unpaired) electrons. The number of carboxylic acids is 1. The van der Waals surface area contributed by atoms with Crippen molar-refractivity contribution < 1.29 is 23.1 Å². The molecular formula is C13H18N2O5S. The van der Waals surface area contributed by atoms with E-state index in [0.29, 0.717) is 5.56 Å². The number of carbonyl (C=O) groups excluding carboxylic acids is 1. The first-order valence-corrected chi connectivity index (χ1v) is 7.63. The molecule has 0 aliphatic heterocycles. The van der Waals surface area contributed by atoms with E-state index in [0.717, 1.165) is 0 Å². The van der Waals surface area contributed by atoms with Crippen molar-refractivity contribution in [3.63, 3.8) is 0 Å². The number of carboxylic acid groups (broad SMARTS) is 1. The minimum atomic E-state index is -3.78. The molecule has 1 aromatic rings. The highest BCUT2D eigenvalue weighted by Crippen LogP contribution is 2.15. The van der Waals surface area contributed by atoms with Crippen LogP contribution in [0, 0.1) is 5.41 Å². The van der Waals surface area contributed by atoms with E-state index < -0.39 is 27.3 Å². The molecule has 0 aliphatic carbocycles. The Morgan fingerprint density at radius 2 is 1.76 bits per heavy atom. The van der Waals surface area contributed by atoms with Gasteiger partial charge in [-0.2, -0.15) is 0 Å². The van der Waals surface area contributed by atoms with Crippen LogP contribution in [0.2, 0.25) is 0 Å². The van der Waals surface area contributed by atoms with E-state index in [1.807, 2.05) is 0 Å². The van der Waals surface area contributed by atoms with Crippen molar-refractivity contribution in [2.75, 3.05) is 6.54 Å². The maximum Gasteiger partial charge on any atom is 0.307 e. The molecule has 0 atom stereocenters. The van der Waals surface area contributed by atoms with Crippen LogP contribution < -0.4 is 10.5 Å². The van der Waals surface area contributed by atoms with E-state index in [-0.39, 0.29) is 17.9 Å². The molecule has 0 bridgehead atoms. The second kappa shape index (κ2) is 6.23. The number of nitrogens with two attached hydrogens (primary N) is 1. The molecule has 0 spiro atoms. The quantitative estimate of drug-likeness (QED) is 0.658. The second-order valence-corrected chi connectivity index (χ2v) is 7.05. The summed E-state index contributed by atoms with van der Waals surface area (Å²) >= 11 is 0. The van der Waals surface area contributed by atoms with Gasteiger partial charge in [0.05, 0.1) is 16.7 Å². The Hall–Kier alpha value is -1.93. The molecule has 0 aliphatic rings. The van der Waals surface area contributed by atoms with Crippen LogP contribution in [-0.2, 0) is 26.0 Å². The summed E-state index contributed by atoms with van der Waals surface area (Å²) in [7, 11) is -3.78. The summed E-state index contributed by atoms with van der Waals surface area (Å²) in [6.45, 7) is 2.95. The van der Waals surface area contributed by atoms with E-state index in [1.54, 1.807) is 0 Å². The van der Waals surface area contributed by atoms with Gasteiger partial charge in [-0.25, -0.2) is 13.1 Å². The van der Waals surface area contributed by atoms with Gasteiger partial charge < -0.3 is 10.8 Å². The van der Waals surface area contributed by atoms with E-state index in [4.69, 9.17) is 10.8 Å². The van der Waals surface area contributed by atoms with Gasteiger partial charge in [0.1, 0.15) is 0 Å². The molecule has 0 saturated heterocycles. The van der Waals surface area contributed by atoms with Gasteiger partial charge in [-0.05, 0) is 31.5 Å². The second-order valence-electron chi connectivity index (χ2n) is 5.29. The molecule has 0 fully saturated rings. The summed E-state index contributed by atoms with van der Waals surface area (Å²) in [5.41, 5.74) is 4.67. The van der Waals surface area contributed by atoms with Crippen LogP contribution in [0.5, 0.6) is 0 Å². The molecule has 0 heterocycles. The van der Waals surface area contributed by atoms with Crippen LogP contribution >= 0.6 is 0 Å². The molecular weight excluding hydrogens is 296 g/mol. The van der Waals surface area contributed by atoms with Gasteiger partial charge in [-0.15, -0.1) is 0 Å². The molecule has 1 rings (SSSR count). The Balaban J connectivity index is 2.84. The Bertz CT molecular complexity index is 635. The fourth-order valence-electron chi connectivity index (χ4n) is 1.41. The van der Waals surface area contributed by atoms with E-state index in [2.05, 4.69) is 4.72 Å². The van der Waals surface area contributed by atoms with E-state index in [9.17, 15) is 18.0 Å². The zero-order valence-electron chi connectivity index (χ0n) is 11.8. The predicted molar refractivity (Wildman–Crippen MR) is 75.9 cm³/mol. The molecule has 21 heavy (non-hydrogen) atoms. The molecule has 0 saturated carbocycles. The van der Waals surface area contributed by atoms with E-state index in [1.165, 1.54) is 38.1 Å². The maximum absolute atomic E-state index is 12.1. The lowest BCUT2D eigenvalue weighted by atomic mass is 9.93. The molecule has 116 valence electrons. The highest BCUT2D eigenvalue weighted by atomic mass is 32.2. The highest BCUT2D eigenvalue weighted by molar-refractivity contribution is 7.89. The van der Waals surface area contributed by atoms with Gasteiger partial charge in [-0.1, -0.05) is 12.1 Å². The Morgan fingerprint density at radius 1 is 1.24 bits per heavy atom. The van der Waals surface area contributed by atoms with E-state index >= 15 is 0 Å². The number of hydrogen-bond donors (Lipinski definition) is 3. The molecule has 1 amide bonds. The summed E-state index contributed by atoms with van der Waals surface area (Å²) in [5.74, 6) is -1.60. The van der Waals surface area contributed by atoms with Crippen molar-refractivity contribution in [1.29, 1.82) is 0 Å². The lowest BCUT2D eigenvalue weighted by molar-refractivity contribution is -0.136. The van der Waals surface area contributed by atoms with Crippen molar-refractivity contribution >= 4 is 21.9 Å².